The molecular formula is C10H18F5OP. The lowest BCUT2D eigenvalue weighted by molar-refractivity contribution is -0.296. The van der Waals surface area contributed by atoms with Crippen molar-refractivity contribution in [3.8, 4) is 0 Å². The topological polar surface area (TPSA) is 9.23 Å². The van der Waals surface area contributed by atoms with Crippen molar-refractivity contribution in [2.45, 2.75) is 32.4 Å². The highest BCUT2D eigenvalue weighted by Crippen LogP contribution is 2.35. The van der Waals surface area contributed by atoms with Crippen LogP contribution in [0.4, 0.5) is 22.0 Å². The van der Waals surface area contributed by atoms with Crippen molar-refractivity contribution in [2.24, 2.45) is 5.92 Å². The Labute approximate surface area is 99.9 Å². The minimum atomic E-state index is -5.52. The van der Waals surface area contributed by atoms with E-state index in [4.69, 9.17) is 0 Å². The highest BCUT2D eigenvalue weighted by molar-refractivity contribution is 7.37. The number of halogens is 5. The fraction of sp³-hybridized carbons (Fsp3) is 1.00. The van der Waals surface area contributed by atoms with Crippen molar-refractivity contribution >= 4 is 8.58 Å². The van der Waals surface area contributed by atoms with Crippen LogP contribution in [0.3, 0.4) is 0 Å². The summed E-state index contributed by atoms with van der Waals surface area (Å²) in [6.07, 6.45) is -3.13. The van der Waals surface area contributed by atoms with E-state index >= 15 is 0 Å². The second-order valence-corrected chi connectivity index (χ2v) is 5.61. The van der Waals surface area contributed by atoms with Crippen LogP contribution in [0, 0.1) is 5.92 Å². The number of alkyl halides is 5. The van der Waals surface area contributed by atoms with Gasteiger partial charge >= 0.3 is 12.1 Å². The zero-order valence-corrected chi connectivity index (χ0v) is 10.9. The first-order valence-corrected chi connectivity index (χ1v) is 6.81. The summed E-state index contributed by atoms with van der Waals surface area (Å²) in [6, 6.07) is 0. The van der Waals surface area contributed by atoms with Crippen molar-refractivity contribution in [3.05, 3.63) is 0 Å². The molecule has 0 aromatic heterocycles. The first-order valence-electron chi connectivity index (χ1n) is 5.40. The molecule has 1 atom stereocenters. The summed E-state index contributed by atoms with van der Waals surface area (Å²) in [5.41, 5.74) is 0. The van der Waals surface area contributed by atoms with E-state index in [2.05, 4.69) is 18.6 Å². The van der Waals surface area contributed by atoms with Gasteiger partial charge in [0.25, 0.3) is 0 Å². The van der Waals surface area contributed by atoms with Crippen molar-refractivity contribution in [1.29, 1.82) is 0 Å². The van der Waals surface area contributed by atoms with E-state index in [0.29, 0.717) is 20.9 Å². The maximum Gasteiger partial charge on any atom is 0.455 e. The van der Waals surface area contributed by atoms with Crippen LogP contribution in [-0.4, -0.2) is 37.6 Å². The summed E-state index contributed by atoms with van der Waals surface area (Å²) in [5, 5.41) is 0. The van der Waals surface area contributed by atoms with E-state index in [1.165, 1.54) is 0 Å². The van der Waals surface area contributed by atoms with Crippen molar-refractivity contribution in [3.63, 3.8) is 0 Å². The standard InChI is InChI=1S/C10H18F5OP/c1-8(2)6-17-5-3-4-16-7-9(11,12)10(13,14)15/h8,17H,3-7H2,1-2H3. The Morgan fingerprint density at radius 2 is 1.71 bits per heavy atom. The molecule has 0 aromatic carbocycles. The molecule has 0 rings (SSSR count). The Kier molecular flexibility index (Phi) is 7.49. The van der Waals surface area contributed by atoms with Gasteiger partial charge in [0.05, 0.1) is 0 Å². The normalized spacial score (nSPS) is 14.1. The molecule has 0 N–H and O–H groups in total. The average Bonchev–Trinajstić information content (AvgIpc) is 2.13. The molecule has 0 radical (unpaired) electrons. The molecule has 0 saturated heterocycles. The number of rotatable bonds is 8. The third-order valence-electron chi connectivity index (χ3n) is 1.89. The Balaban J connectivity index is 3.52. The van der Waals surface area contributed by atoms with Crippen LogP contribution in [0.2, 0.25) is 0 Å². The fourth-order valence-corrected chi connectivity index (χ4v) is 2.15. The average molecular weight is 280 g/mol. The maximum atomic E-state index is 12.4. The maximum absolute atomic E-state index is 12.4. The SMILES string of the molecule is CC(C)CPCCCOCC(F)(F)C(F)(F)F. The molecule has 0 fully saturated rings. The van der Waals surface area contributed by atoms with Crippen LogP contribution in [-0.2, 0) is 4.74 Å². The van der Waals surface area contributed by atoms with Gasteiger partial charge in [0.2, 0.25) is 0 Å². The van der Waals surface area contributed by atoms with E-state index in [1.807, 2.05) is 0 Å². The van der Waals surface area contributed by atoms with Gasteiger partial charge in [-0.25, -0.2) is 0 Å². The smallest absolute Gasteiger partial charge is 0.375 e. The van der Waals surface area contributed by atoms with Crippen LogP contribution in [0.1, 0.15) is 20.3 Å². The van der Waals surface area contributed by atoms with E-state index in [9.17, 15) is 22.0 Å². The largest absolute Gasteiger partial charge is 0.455 e. The molecule has 0 bridgehead atoms. The van der Waals surface area contributed by atoms with Gasteiger partial charge in [-0.15, -0.1) is 8.58 Å². The van der Waals surface area contributed by atoms with Gasteiger partial charge in [-0.05, 0) is 24.7 Å². The lowest BCUT2D eigenvalue weighted by Crippen LogP contribution is -2.40. The molecule has 0 saturated carbocycles. The highest BCUT2D eigenvalue weighted by atomic mass is 31.1. The Bertz CT molecular complexity index is 205. The van der Waals surface area contributed by atoms with Gasteiger partial charge < -0.3 is 4.74 Å². The third kappa shape index (κ3) is 7.87. The summed E-state index contributed by atoms with van der Waals surface area (Å²) in [4.78, 5) is 0. The molecule has 0 heterocycles. The first kappa shape index (κ1) is 17.0. The van der Waals surface area contributed by atoms with E-state index in [1.54, 1.807) is 0 Å². The van der Waals surface area contributed by atoms with Gasteiger partial charge in [-0.2, -0.15) is 22.0 Å². The quantitative estimate of drug-likeness (QED) is 0.372. The van der Waals surface area contributed by atoms with Crippen molar-refractivity contribution < 1.29 is 26.7 Å². The van der Waals surface area contributed by atoms with Crippen LogP contribution < -0.4 is 0 Å². The lowest BCUT2D eigenvalue weighted by Gasteiger charge is -2.19. The van der Waals surface area contributed by atoms with E-state index in [0.717, 1.165) is 12.3 Å². The predicted molar refractivity (Wildman–Crippen MR) is 59.3 cm³/mol. The van der Waals surface area contributed by atoms with E-state index in [-0.39, 0.29) is 6.61 Å². The molecular weight excluding hydrogens is 262 g/mol. The molecule has 104 valence electrons. The van der Waals surface area contributed by atoms with Gasteiger partial charge in [-0.3, -0.25) is 0 Å². The minimum Gasteiger partial charge on any atom is -0.375 e. The molecule has 0 aromatic rings. The monoisotopic (exact) mass is 280 g/mol. The van der Waals surface area contributed by atoms with Gasteiger partial charge in [0, 0.05) is 6.61 Å². The number of hydrogen-bond acceptors (Lipinski definition) is 1. The summed E-state index contributed by atoms with van der Waals surface area (Å²) in [7, 11) is 0.710. The van der Waals surface area contributed by atoms with Gasteiger partial charge in [-0.1, -0.05) is 13.8 Å². The third-order valence-corrected chi connectivity index (χ3v) is 3.71. The van der Waals surface area contributed by atoms with Crippen LogP contribution in [0.15, 0.2) is 0 Å². The molecule has 1 unspecified atom stereocenters. The molecule has 0 amide bonds. The van der Waals surface area contributed by atoms with Crippen molar-refractivity contribution in [2.75, 3.05) is 25.5 Å². The molecule has 0 aliphatic heterocycles. The summed E-state index contributed by atoms with van der Waals surface area (Å²) in [6.45, 7) is 2.53. The minimum absolute atomic E-state index is 0.0449. The van der Waals surface area contributed by atoms with Crippen LogP contribution in [0.5, 0.6) is 0 Å². The Hall–Kier alpha value is 0.0400. The molecule has 0 spiro atoms. The van der Waals surface area contributed by atoms with Gasteiger partial charge in [0.15, 0.2) is 0 Å². The molecule has 1 nitrogen and oxygen atoms in total. The van der Waals surface area contributed by atoms with Crippen LogP contribution >= 0.6 is 8.58 Å². The number of hydrogen-bond donors (Lipinski definition) is 0. The molecule has 7 heteroatoms. The Morgan fingerprint density at radius 3 is 2.18 bits per heavy atom. The van der Waals surface area contributed by atoms with Gasteiger partial charge in [0.1, 0.15) is 6.61 Å². The lowest BCUT2D eigenvalue weighted by atomic mass is 10.3. The summed E-state index contributed by atoms with van der Waals surface area (Å²) in [5.74, 6) is -4.16. The first-order chi connectivity index (χ1) is 7.67. The Morgan fingerprint density at radius 1 is 1.12 bits per heavy atom. The number of ether oxygens (including phenoxy) is 1. The second-order valence-electron chi connectivity index (χ2n) is 4.21. The molecule has 0 aliphatic carbocycles. The second kappa shape index (κ2) is 7.47. The zero-order valence-electron chi connectivity index (χ0n) is 9.91. The summed E-state index contributed by atoms with van der Waals surface area (Å²) >= 11 is 0. The molecule has 17 heavy (non-hydrogen) atoms. The fourth-order valence-electron chi connectivity index (χ4n) is 0.972. The van der Waals surface area contributed by atoms with Crippen molar-refractivity contribution in [1.82, 2.24) is 0 Å². The van der Waals surface area contributed by atoms with Crippen LogP contribution in [0.25, 0.3) is 0 Å². The highest BCUT2D eigenvalue weighted by Gasteiger charge is 2.57. The zero-order chi connectivity index (χ0) is 13.5. The molecule has 0 aliphatic rings. The van der Waals surface area contributed by atoms with E-state index < -0.39 is 18.7 Å². The summed E-state index contributed by atoms with van der Waals surface area (Å²) < 4.78 is 64.3. The predicted octanol–water partition coefficient (Wildman–Crippen LogP) is 3.93.